The molecule has 50 heavy (non-hydrogen) atoms. The Bertz CT molecular complexity index is 2220. The fourth-order valence-corrected chi connectivity index (χ4v) is 8.08. The van der Waals surface area contributed by atoms with Crippen LogP contribution in [0.3, 0.4) is 0 Å². The van der Waals surface area contributed by atoms with E-state index in [1.165, 1.54) is 22.2 Å². The minimum Gasteiger partial charge on any atom is -0.377 e. The molecule has 17 heteroatoms. The number of fused-ring (bicyclic) bond motifs is 5. The molecule has 4 aromatic rings. The second-order valence-electron chi connectivity index (χ2n) is 12.9. The Kier molecular flexibility index (Phi) is 8.42. The first-order valence-electron chi connectivity index (χ1n) is 16.2. The molecule has 0 spiro atoms. The van der Waals surface area contributed by atoms with Crippen molar-refractivity contribution in [1.82, 2.24) is 34.2 Å². The second-order valence-corrected chi connectivity index (χ2v) is 14.5. The number of carbonyl (C=O) groups excluding carboxylic acids is 2. The van der Waals surface area contributed by atoms with Gasteiger partial charge in [-0.1, -0.05) is 6.92 Å². The van der Waals surface area contributed by atoms with Gasteiger partial charge in [0, 0.05) is 79.2 Å². The van der Waals surface area contributed by atoms with Gasteiger partial charge in [-0.2, -0.15) is 12.7 Å². The van der Waals surface area contributed by atoms with E-state index in [0.717, 1.165) is 5.56 Å². The number of hydrogen-bond acceptors (Lipinski definition) is 13. The largest absolute Gasteiger partial charge is 0.385 e. The number of pyridine rings is 2. The van der Waals surface area contributed by atoms with Crippen molar-refractivity contribution in [2.45, 2.75) is 44.9 Å². The van der Waals surface area contributed by atoms with Crippen molar-refractivity contribution in [2.24, 2.45) is 0 Å². The predicted octanol–water partition coefficient (Wildman–Crippen LogP) is 0.955. The SMILES string of the molecule is CC[C@@]1(O)C(=O)CCc2c1cc1n(c2=O)Cc2cc3c(CN(C)C)c(OS(=O)(=O)N4CCN(c5ncc(C(=O)NO)cn5)CC4)ccc3nc2-1. The number of nitrogens with zero attached hydrogens (tertiary/aromatic N) is 7. The molecule has 7 rings (SSSR count). The molecule has 1 atom stereocenters. The number of ketones is 1. The maximum absolute atomic E-state index is 13.7. The van der Waals surface area contributed by atoms with Crippen molar-refractivity contribution in [3.63, 3.8) is 0 Å². The van der Waals surface area contributed by atoms with E-state index in [2.05, 4.69) is 9.97 Å². The number of amides is 1. The van der Waals surface area contributed by atoms with E-state index in [4.69, 9.17) is 14.4 Å². The van der Waals surface area contributed by atoms with E-state index in [-0.39, 0.29) is 74.6 Å². The van der Waals surface area contributed by atoms with Crippen LogP contribution in [0, 0.1) is 0 Å². The topological polar surface area (TPSA) is 200 Å². The fraction of sp³-hybridized carbons (Fsp3) is 0.394. The van der Waals surface area contributed by atoms with Crippen LogP contribution in [-0.2, 0) is 40.2 Å². The Labute approximate surface area is 287 Å². The number of nitrogens with one attached hydrogen (secondary N) is 1. The lowest BCUT2D eigenvalue weighted by Crippen LogP contribution is -2.50. The molecule has 3 aromatic heterocycles. The molecule has 0 radical (unpaired) electrons. The normalized spacial score (nSPS) is 19.0. The number of aromatic nitrogens is 4. The van der Waals surface area contributed by atoms with Gasteiger partial charge in [0.1, 0.15) is 11.4 Å². The van der Waals surface area contributed by atoms with E-state index in [9.17, 15) is 27.9 Å². The molecule has 1 aliphatic carbocycles. The number of benzene rings is 1. The Morgan fingerprint density at radius 3 is 2.46 bits per heavy atom. The Balaban J connectivity index is 1.17. The molecule has 2 aliphatic heterocycles. The first kappa shape index (κ1) is 33.7. The van der Waals surface area contributed by atoms with E-state index in [1.807, 2.05) is 25.1 Å². The van der Waals surface area contributed by atoms with Crippen LogP contribution in [0.1, 0.15) is 52.4 Å². The zero-order chi connectivity index (χ0) is 35.5. The van der Waals surface area contributed by atoms with Crippen LogP contribution in [-0.4, -0.2) is 99.4 Å². The molecular formula is C33H36N8O8S. The molecule has 1 saturated heterocycles. The number of rotatable bonds is 8. The molecule has 3 aliphatic rings. The van der Waals surface area contributed by atoms with Gasteiger partial charge in [0.15, 0.2) is 5.78 Å². The zero-order valence-electron chi connectivity index (χ0n) is 27.7. The van der Waals surface area contributed by atoms with Gasteiger partial charge in [-0.25, -0.2) is 20.4 Å². The van der Waals surface area contributed by atoms with Crippen molar-refractivity contribution in [3.05, 3.63) is 74.8 Å². The van der Waals surface area contributed by atoms with Crippen molar-refractivity contribution in [2.75, 3.05) is 45.2 Å². The van der Waals surface area contributed by atoms with E-state index in [0.29, 0.717) is 51.5 Å². The zero-order valence-corrected chi connectivity index (χ0v) is 28.5. The highest BCUT2D eigenvalue weighted by atomic mass is 32.2. The summed E-state index contributed by atoms with van der Waals surface area (Å²) in [6.07, 6.45) is 3.07. The lowest BCUT2D eigenvalue weighted by molar-refractivity contribution is -0.140. The average Bonchev–Trinajstić information content (AvgIpc) is 3.47. The van der Waals surface area contributed by atoms with Gasteiger partial charge in [0.2, 0.25) is 5.95 Å². The number of aliphatic hydroxyl groups is 1. The maximum atomic E-state index is 13.7. The molecule has 0 unspecified atom stereocenters. The number of hydrogen-bond donors (Lipinski definition) is 3. The summed E-state index contributed by atoms with van der Waals surface area (Å²) in [6, 6.07) is 6.90. The predicted molar refractivity (Wildman–Crippen MR) is 180 cm³/mol. The lowest BCUT2D eigenvalue weighted by atomic mass is 9.77. The smallest absolute Gasteiger partial charge is 0.377 e. The van der Waals surface area contributed by atoms with Gasteiger partial charge in [0.05, 0.1) is 29.0 Å². The average molecular weight is 705 g/mol. The van der Waals surface area contributed by atoms with Crippen LogP contribution in [0.5, 0.6) is 5.75 Å². The van der Waals surface area contributed by atoms with Crippen LogP contribution >= 0.6 is 0 Å². The molecule has 0 bridgehead atoms. The highest BCUT2D eigenvalue weighted by molar-refractivity contribution is 7.84. The summed E-state index contributed by atoms with van der Waals surface area (Å²) in [4.78, 5) is 54.9. The minimum atomic E-state index is -4.23. The van der Waals surface area contributed by atoms with Crippen LogP contribution in [0.2, 0.25) is 0 Å². The first-order chi connectivity index (χ1) is 23.8. The fourth-order valence-electron chi connectivity index (χ4n) is 6.98. The van der Waals surface area contributed by atoms with E-state index in [1.54, 1.807) is 34.6 Å². The molecule has 5 heterocycles. The molecule has 3 N–H and O–H groups in total. The highest BCUT2D eigenvalue weighted by Gasteiger charge is 2.43. The van der Waals surface area contributed by atoms with Gasteiger partial charge < -0.3 is 23.7 Å². The lowest BCUT2D eigenvalue weighted by Gasteiger charge is -2.33. The Morgan fingerprint density at radius 2 is 1.80 bits per heavy atom. The molecule has 262 valence electrons. The van der Waals surface area contributed by atoms with Crippen LogP contribution in [0.15, 0.2) is 41.5 Å². The minimum absolute atomic E-state index is 0.0782. The van der Waals surface area contributed by atoms with Gasteiger partial charge >= 0.3 is 10.3 Å². The third-order valence-electron chi connectivity index (χ3n) is 9.65. The monoisotopic (exact) mass is 704 g/mol. The second kappa shape index (κ2) is 12.5. The third-order valence-corrected chi connectivity index (χ3v) is 11.0. The summed E-state index contributed by atoms with van der Waals surface area (Å²) in [7, 11) is -0.511. The van der Waals surface area contributed by atoms with Gasteiger partial charge in [-0.05, 0) is 51.2 Å². The van der Waals surface area contributed by atoms with Crippen molar-refractivity contribution < 1.29 is 32.5 Å². The number of Topliss-reactive ketones (excluding diaryl/α,β-unsaturated/α-hetero) is 1. The van der Waals surface area contributed by atoms with Crippen molar-refractivity contribution in [3.8, 4) is 17.1 Å². The Hall–Kier alpha value is -4.81. The molecule has 1 amide bonds. The molecular weight excluding hydrogens is 668 g/mol. The van der Waals surface area contributed by atoms with Gasteiger partial charge in [-0.15, -0.1) is 0 Å². The number of carbonyl (C=O) groups is 2. The van der Waals surface area contributed by atoms with Crippen LogP contribution in [0.4, 0.5) is 5.95 Å². The van der Waals surface area contributed by atoms with E-state index >= 15 is 0 Å². The third kappa shape index (κ3) is 5.60. The molecule has 0 saturated carbocycles. The Morgan fingerprint density at radius 1 is 1.08 bits per heavy atom. The summed E-state index contributed by atoms with van der Waals surface area (Å²) in [6.45, 7) is 3.07. The van der Waals surface area contributed by atoms with Crippen molar-refractivity contribution >= 4 is 38.8 Å². The number of hydroxylamine groups is 1. The maximum Gasteiger partial charge on any atom is 0.385 e. The molecule has 1 fully saturated rings. The van der Waals surface area contributed by atoms with Crippen LogP contribution in [0.25, 0.3) is 22.3 Å². The summed E-state index contributed by atoms with van der Waals surface area (Å²) in [5, 5.41) is 20.8. The summed E-state index contributed by atoms with van der Waals surface area (Å²) in [5.74, 6) is -0.560. The van der Waals surface area contributed by atoms with Gasteiger partial charge in [-0.3, -0.25) is 19.6 Å². The van der Waals surface area contributed by atoms with Gasteiger partial charge in [0.25, 0.3) is 11.5 Å². The summed E-state index contributed by atoms with van der Waals surface area (Å²) in [5.41, 5.74) is 3.47. The summed E-state index contributed by atoms with van der Waals surface area (Å²) < 4.78 is 35.9. The standard InChI is InChI=1S/C33H36N8O8S/c1-4-33(45)24-14-26-29-19(17-41(26)31(44)21(24)5-8-28(33)42)13-22-23(18-38(2)3)27(7-6-25(22)36-29)49-50(47,48)40-11-9-39(10-12-40)32-34-15-20(16-35-32)30(43)37-46/h6-7,13-16,45-46H,4-5,8-12,17-18H2,1-3H3,(H,37,43)/t33-/m0/s1. The molecule has 1 aromatic carbocycles. The van der Waals surface area contributed by atoms with Crippen molar-refractivity contribution in [1.29, 1.82) is 0 Å². The highest BCUT2D eigenvalue weighted by Crippen LogP contribution is 2.40. The number of anilines is 1. The quantitative estimate of drug-likeness (QED) is 0.153. The van der Waals surface area contributed by atoms with E-state index < -0.39 is 21.8 Å². The molecule has 16 nitrogen and oxygen atoms in total. The first-order valence-corrected chi connectivity index (χ1v) is 17.6. The summed E-state index contributed by atoms with van der Waals surface area (Å²) >= 11 is 0. The number of piperazine rings is 1. The van der Waals surface area contributed by atoms with Crippen LogP contribution < -0.4 is 20.1 Å².